The number of benzene rings is 3. The van der Waals surface area contributed by atoms with Crippen molar-refractivity contribution in [3.8, 4) is 22.8 Å². The van der Waals surface area contributed by atoms with Crippen molar-refractivity contribution in [2.24, 2.45) is 0 Å². The average Bonchev–Trinajstić information content (AvgIpc) is 3.26. The van der Waals surface area contributed by atoms with Crippen LogP contribution in [0.25, 0.3) is 17.1 Å². The zero-order chi connectivity index (χ0) is 21.2. The number of para-hydroxylation sites is 1. The van der Waals surface area contributed by atoms with Crippen LogP contribution in [0.15, 0.2) is 78.9 Å². The number of carbonyl (C=O) groups is 2. The quantitative estimate of drug-likeness (QED) is 0.535. The Balaban J connectivity index is 1.48. The van der Waals surface area contributed by atoms with Gasteiger partial charge in [0.05, 0.1) is 11.4 Å². The second-order valence-electron chi connectivity index (χ2n) is 6.87. The molecule has 0 unspecified atom stereocenters. The van der Waals surface area contributed by atoms with E-state index in [4.69, 9.17) is 4.74 Å². The Labute approximate surface area is 177 Å². The first kappa shape index (κ1) is 18.6. The molecule has 3 aromatic carbocycles. The molecule has 2 amide bonds. The molecule has 8 nitrogen and oxygen atoms in total. The highest BCUT2D eigenvalue weighted by atomic mass is 16.5. The standard InChI is InChI=1S/C23H17N5O3/c29-20-14-31-19-12-11-16(13-18(19)25-20)24-23(30)21-26-22(15-7-3-1-4-8-15)28(27-21)17-9-5-2-6-10-17/h1-13H,14H2,(H,24,30)(H,25,29). The number of nitrogens with zero attached hydrogens (tertiary/aromatic N) is 3. The largest absolute Gasteiger partial charge is 0.482 e. The molecule has 0 fully saturated rings. The number of hydrogen-bond acceptors (Lipinski definition) is 5. The minimum Gasteiger partial charge on any atom is -0.482 e. The summed E-state index contributed by atoms with van der Waals surface area (Å²) in [6.45, 7) is -0.0260. The predicted octanol–water partition coefficient (Wildman–Crippen LogP) is 3.52. The first-order valence-electron chi connectivity index (χ1n) is 9.63. The number of aromatic nitrogens is 3. The van der Waals surface area contributed by atoms with E-state index in [0.717, 1.165) is 11.3 Å². The molecule has 0 radical (unpaired) electrons. The van der Waals surface area contributed by atoms with Crippen molar-refractivity contribution in [1.29, 1.82) is 0 Å². The maximum absolute atomic E-state index is 12.9. The third-order valence-corrected chi connectivity index (χ3v) is 4.71. The van der Waals surface area contributed by atoms with Crippen LogP contribution < -0.4 is 15.4 Å². The van der Waals surface area contributed by atoms with E-state index in [1.54, 1.807) is 22.9 Å². The first-order chi connectivity index (χ1) is 15.2. The molecule has 0 atom stereocenters. The van der Waals surface area contributed by atoms with E-state index >= 15 is 0 Å². The van der Waals surface area contributed by atoms with Gasteiger partial charge in [-0.15, -0.1) is 5.10 Å². The first-order valence-corrected chi connectivity index (χ1v) is 9.63. The fourth-order valence-electron chi connectivity index (χ4n) is 3.28. The Bertz CT molecular complexity index is 1210. The van der Waals surface area contributed by atoms with Gasteiger partial charge in [-0.1, -0.05) is 48.5 Å². The highest BCUT2D eigenvalue weighted by Crippen LogP contribution is 2.30. The van der Waals surface area contributed by atoms with Crippen LogP contribution in [0.2, 0.25) is 0 Å². The van der Waals surface area contributed by atoms with E-state index < -0.39 is 5.91 Å². The summed E-state index contributed by atoms with van der Waals surface area (Å²) in [4.78, 5) is 28.9. The minimum absolute atomic E-state index is 0.0260. The smallest absolute Gasteiger partial charge is 0.295 e. The Morgan fingerprint density at radius 2 is 1.74 bits per heavy atom. The van der Waals surface area contributed by atoms with Crippen LogP contribution in [0.4, 0.5) is 11.4 Å². The number of amides is 2. The van der Waals surface area contributed by atoms with Crippen molar-refractivity contribution in [2.45, 2.75) is 0 Å². The lowest BCUT2D eigenvalue weighted by molar-refractivity contribution is -0.118. The SMILES string of the molecule is O=C1COc2ccc(NC(=O)c3nc(-c4ccccc4)n(-c4ccccc4)n3)cc2N1. The van der Waals surface area contributed by atoms with E-state index in [0.29, 0.717) is 22.9 Å². The average molecular weight is 411 g/mol. The van der Waals surface area contributed by atoms with Crippen molar-refractivity contribution in [1.82, 2.24) is 14.8 Å². The molecule has 152 valence electrons. The lowest BCUT2D eigenvalue weighted by Gasteiger charge is -2.18. The molecule has 2 heterocycles. The molecule has 31 heavy (non-hydrogen) atoms. The van der Waals surface area contributed by atoms with Gasteiger partial charge < -0.3 is 15.4 Å². The molecular formula is C23H17N5O3. The zero-order valence-corrected chi connectivity index (χ0v) is 16.3. The van der Waals surface area contributed by atoms with Crippen molar-refractivity contribution in [3.05, 3.63) is 84.7 Å². The van der Waals surface area contributed by atoms with Gasteiger partial charge in [-0.05, 0) is 30.3 Å². The third kappa shape index (κ3) is 3.74. The number of anilines is 2. The van der Waals surface area contributed by atoms with Crippen LogP contribution in [0.1, 0.15) is 10.6 Å². The Kier molecular flexibility index (Phi) is 4.64. The lowest BCUT2D eigenvalue weighted by atomic mass is 10.2. The predicted molar refractivity (Wildman–Crippen MR) is 115 cm³/mol. The number of carbonyl (C=O) groups excluding carboxylic acids is 2. The maximum Gasteiger partial charge on any atom is 0.295 e. The van der Waals surface area contributed by atoms with Gasteiger partial charge in [0.15, 0.2) is 12.4 Å². The lowest BCUT2D eigenvalue weighted by Crippen LogP contribution is -2.25. The topological polar surface area (TPSA) is 98.1 Å². The number of fused-ring (bicyclic) bond motifs is 1. The van der Waals surface area contributed by atoms with E-state index in [-0.39, 0.29) is 18.3 Å². The van der Waals surface area contributed by atoms with E-state index in [9.17, 15) is 9.59 Å². The van der Waals surface area contributed by atoms with Gasteiger partial charge in [0, 0.05) is 11.3 Å². The fraction of sp³-hybridized carbons (Fsp3) is 0.0435. The van der Waals surface area contributed by atoms with Crippen molar-refractivity contribution >= 4 is 23.2 Å². The van der Waals surface area contributed by atoms with E-state index in [2.05, 4.69) is 20.7 Å². The van der Waals surface area contributed by atoms with Crippen LogP contribution in [-0.2, 0) is 4.79 Å². The molecule has 4 aromatic rings. The molecule has 0 aliphatic carbocycles. The Morgan fingerprint density at radius 3 is 2.52 bits per heavy atom. The van der Waals surface area contributed by atoms with Crippen molar-refractivity contribution in [2.75, 3.05) is 17.2 Å². The number of hydrogen-bond donors (Lipinski definition) is 2. The van der Waals surface area contributed by atoms with Crippen LogP contribution >= 0.6 is 0 Å². The Morgan fingerprint density at radius 1 is 1.00 bits per heavy atom. The number of nitrogens with one attached hydrogen (secondary N) is 2. The maximum atomic E-state index is 12.9. The molecule has 2 N–H and O–H groups in total. The molecular weight excluding hydrogens is 394 g/mol. The molecule has 0 saturated heterocycles. The molecule has 0 bridgehead atoms. The number of ether oxygens (including phenoxy) is 1. The summed E-state index contributed by atoms with van der Waals surface area (Å²) in [5.74, 6) is 0.431. The van der Waals surface area contributed by atoms with Crippen LogP contribution in [-0.4, -0.2) is 33.2 Å². The third-order valence-electron chi connectivity index (χ3n) is 4.71. The summed E-state index contributed by atoms with van der Waals surface area (Å²) in [5, 5.41) is 9.95. The normalized spacial score (nSPS) is 12.5. The highest BCUT2D eigenvalue weighted by Gasteiger charge is 2.20. The summed E-state index contributed by atoms with van der Waals surface area (Å²) < 4.78 is 6.99. The minimum atomic E-state index is -0.463. The van der Waals surface area contributed by atoms with Crippen molar-refractivity contribution in [3.63, 3.8) is 0 Å². The molecule has 1 aliphatic heterocycles. The molecule has 0 saturated carbocycles. The molecule has 1 aromatic heterocycles. The monoisotopic (exact) mass is 411 g/mol. The summed E-state index contributed by atoms with van der Waals surface area (Å²) in [7, 11) is 0. The summed E-state index contributed by atoms with van der Waals surface area (Å²) in [5.41, 5.74) is 2.63. The van der Waals surface area contributed by atoms with Crippen LogP contribution in [0.5, 0.6) is 5.75 Å². The van der Waals surface area contributed by atoms with Crippen LogP contribution in [0, 0.1) is 0 Å². The van der Waals surface area contributed by atoms with Gasteiger partial charge in [-0.3, -0.25) is 9.59 Å². The van der Waals surface area contributed by atoms with Crippen LogP contribution in [0.3, 0.4) is 0 Å². The highest BCUT2D eigenvalue weighted by molar-refractivity contribution is 6.03. The van der Waals surface area contributed by atoms with Gasteiger partial charge in [0.2, 0.25) is 5.82 Å². The van der Waals surface area contributed by atoms with Gasteiger partial charge in [0.25, 0.3) is 11.8 Å². The molecule has 1 aliphatic rings. The second-order valence-corrected chi connectivity index (χ2v) is 6.87. The van der Waals surface area contributed by atoms with Gasteiger partial charge in [0.1, 0.15) is 5.75 Å². The van der Waals surface area contributed by atoms with Gasteiger partial charge >= 0.3 is 0 Å². The Hall–Kier alpha value is -4.46. The number of rotatable bonds is 4. The summed E-state index contributed by atoms with van der Waals surface area (Å²) in [6, 6.07) is 24.1. The van der Waals surface area contributed by atoms with E-state index in [1.165, 1.54) is 0 Å². The van der Waals surface area contributed by atoms with E-state index in [1.807, 2.05) is 60.7 Å². The van der Waals surface area contributed by atoms with Gasteiger partial charge in [-0.2, -0.15) is 0 Å². The molecule has 8 heteroatoms. The molecule has 0 spiro atoms. The summed E-state index contributed by atoms with van der Waals surface area (Å²) >= 11 is 0. The summed E-state index contributed by atoms with van der Waals surface area (Å²) in [6.07, 6.45) is 0. The molecule has 5 rings (SSSR count). The fourth-order valence-corrected chi connectivity index (χ4v) is 3.28. The van der Waals surface area contributed by atoms with Crippen molar-refractivity contribution < 1.29 is 14.3 Å². The second kappa shape index (κ2) is 7.75. The van der Waals surface area contributed by atoms with Gasteiger partial charge in [-0.25, -0.2) is 9.67 Å². The zero-order valence-electron chi connectivity index (χ0n) is 16.3.